The quantitative estimate of drug-likeness (QED) is 0.916. The number of imidazole rings is 1. The molecular formula is C17H21ClN4O2. The van der Waals surface area contributed by atoms with E-state index in [0.29, 0.717) is 17.3 Å². The van der Waals surface area contributed by atoms with Crippen LogP contribution in [0.2, 0.25) is 5.02 Å². The van der Waals surface area contributed by atoms with Crippen molar-refractivity contribution in [1.29, 1.82) is 0 Å². The zero-order chi connectivity index (χ0) is 17.1. The lowest BCUT2D eigenvalue weighted by molar-refractivity contribution is -0.0381. The lowest BCUT2D eigenvalue weighted by Gasteiger charge is -2.35. The first-order chi connectivity index (χ1) is 11.5. The van der Waals surface area contributed by atoms with E-state index in [4.69, 9.17) is 16.3 Å². The Kier molecular flexibility index (Phi) is 5.18. The van der Waals surface area contributed by atoms with E-state index in [-0.39, 0.29) is 18.1 Å². The Morgan fingerprint density at radius 2 is 2.12 bits per heavy atom. The first kappa shape index (κ1) is 17.0. The Morgan fingerprint density at radius 1 is 1.38 bits per heavy atom. The third-order valence-corrected chi connectivity index (χ3v) is 4.49. The Balaban J connectivity index is 1.85. The van der Waals surface area contributed by atoms with E-state index in [0.717, 1.165) is 18.7 Å². The molecule has 2 heterocycles. The number of carbonyl (C=O) groups is 1. The lowest BCUT2D eigenvalue weighted by Crippen LogP contribution is -2.48. The molecule has 7 heteroatoms. The van der Waals surface area contributed by atoms with Crippen LogP contribution in [0, 0.1) is 0 Å². The zero-order valence-corrected chi connectivity index (χ0v) is 14.5. The molecule has 1 amide bonds. The first-order valence-electron chi connectivity index (χ1n) is 7.87. The lowest BCUT2D eigenvalue weighted by atomic mass is 9.99. The molecule has 2 atom stereocenters. The number of amides is 1. The number of nitrogens with one attached hydrogen (secondary N) is 1. The molecule has 1 saturated heterocycles. The van der Waals surface area contributed by atoms with Crippen LogP contribution in [0.25, 0.3) is 0 Å². The molecule has 0 spiro atoms. The van der Waals surface area contributed by atoms with Gasteiger partial charge in [-0.2, -0.15) is 0 Å². The number of halogens is 1. The molecule has 2 aromatic rings. The standard InChI is InChI=1S/C17H21ClN4O2/c1-21-7-8-24-15(10-21)16(12-3-5-13(18)6-4-12)20-17(23)14-9-19-11-22(14)2/h3-6,9,11,15-16H,7-8,10H2,1-2H3,(H,20,23). The fraction of sp³-hybridized carbons (Fsp3) is 0.412. The van der Waals surface area contributed by atoms with Crippen molar-refractivity contribution in [2.75, 3.05) is 26.7 Å². The average molecular weight is 349 g/mol. The van der Waals surface area contributed by atoms with E-state index in [1.165, 1.54) is 0 Å². The molecule has 0 saturated carbocycles. The van der Waals surface area contributed by atoms with Gasteiger partial charge >= 0.3 is 0 Å². The molecule has 1 aliphatic heterocycles. The van der Waals surface area contributed by atoms with Gasteiger partial charge in [0.15, 0.2) is 0 Å². The average Bonchev–Trinajstić information content (AvgIpc) is 2.99. The Labute approximate surface area is 146 Å². The summed E-state index contributed by atoms with van der Waals surface area (Å²) in [4.78, 5) is 18.8. The van der Waals surface area contributed by atoms with Crippen molar-refractivity contribution in [2.24, 2.45) is 7.05 Å². The molecule has 3 rings (SSSR count). The summed E-state index contributed by atoms with van der Waals surface area (Å²) in [6, 6.07) is 7.25. The van der Waals surface area contributed by atoms with Gasteiger partial charge in [0.25, 0.3) is 5.91 Å². The van der Waals surface area contributed by atoms with Crippen LogP contribution in [0.4, 0.5) is 0 Å². The summed E-state index contributed by atoms with van der Waals surface area (Å²) in [5.74, 6) is -0.174. The number of morpholine rings is 1. The summed E-state index contributed by atoms with van der Waals surface area (Å²) in [6.07, 6.45) is 3.04. The van der Waals surface area contributed by atoms with Gasteiger partial charge in [-0.15, -0.1) is 0 Å². The SMILES string of the molecule is CN1CCOC(C(NC(=O)c2cncn2C)c2ccc(Cl)cc2)C1. The van der Waals surface area contributed by atoms with Gasteiger partial charge in [-0.05, 0) is 24.7 Å². The molecule has 1 aliphatic rings. The number of rotatable bonds is 4. The van der Waals surface area contributed by atoms with Gasteiger partial charge in [0.05, 0.1) is 31.3 Å². The van der Waals surface area contributed by atoms with Crippen molar-refractivity contribution in [2.45, 2.75) is 12.1 Å². The molecule has 0 bridgehead atoms. The number of likely N-dealkylation sites (N-methyl/N-ethyl adjacent to an activating group) is 1. The van der Waals surface area contributed by atoms with E-state index >= 15 is 0 Å². The van der Waals surface area contributed by atoms with Crippen LogP contribution in [-0.4, -0.2) is 53.2 Å². The van der Waals surface area contributed by atoms with Gasteiger partial charge in [-0.3, -0.25) is 4.79 Å². The van der Waals surface area contributed by atoms with Crippen molar-refractivity contribution in [3.8, 4) is 0 Å². The molecule has 6 nitrogen and oxygen atoms in total. The predicted octanol–water partition coefficient (Wildman–Crippen LogP) is 1.88. The highest BCUT2D eigenvalue weighted by Crippen LogP contribution is 2.24. The minimum Gasteiger partial charge on any atom is -0.373 e. The van der Waals surface area contributed by atoms with E-state index in [1.54, 1.807) is 24.1 Å². The molecule has 128 valence electrons. The van der Waals surface area contributed by atoms with Crippen LogP contribution in [-0.2, 0) is 11.8 Å². The molecule has 2 unspecified atom stereocenters. The number of carbonyl (C=O) groups excluding carboxylic acids is 1. The van der Waals surface area contributed by atoms with Gasteiger partial charge in [0.1, 0.15) is 5.69 Å². The minimum atomic E-state index is -0.257. The van der Waals surface area contributed by atoms with Gasteiger partial charge in [0, 0.05) is 25.2 Å². The normalized spacial score (nSPS) is 19.9. The Bertz CT molecular complexity index is 701. The fourth-order valence-electron chi connectivity index (χ4n) is 2.86. The highest BCUT2D eigenvalue weighted by molar-refractivity contribution is 6.30. The highest BCUT2D eigenvalue weighted by atomic mass is 35.5. The third-order valence-electron chi connectivity index (χ3n) is 4.23. The molecule has 1 aromatic heterocycles. The molecule has 1 fully saturated rings. The van der Waals surface area contributed by atoms with Crippen molar-refractivity contribution in [3.05, 3.63) is 53.1 Å². The molecule has 1 aromatic carbocycles. The second-order valence-electron chi connectivity index (χ2n) is 6.06. The number of aryl methyl sites for hydroxylation is 1. The van der Waals surface area contributed by atoms with Crippen LogP contribution in [0.15, 0.2) is 36.8 Å². The maximum atomic E-state index is 12.6. The first-order valence-corrected chi connectivity index (χ1v) is 8.25. The number of hydrogen-bond acceptors (Lipinski definition) is 4. The van der Waals surface area contributed by atoms with Crippen molar-refractivity contribution in [3.63, 3.8) is 0 Å². The van der Waals surface area contributed by atoms with E-state index in [9.17, 15) is 4.79 Å². The minimum absolute atomic E-state index is 0.123. The second-order valence-corrected chi connectivity index (χ2v) is 6.50. The monoisotopic (exact) mass is 348 g/mol. The largest absolute Gasteiger partial charge is 0.373 e. The highest BCUT2D eigenvalue weighted by Gasteiger charge is 2.30. The van der Waals surface area contributed by atoms with Gasteiger partial charge in [-0.25, -0.2) is 4.98 Å². The summed E-state index contributed by atoms with van der Waals surface area (Å²) in [5, 5.41) is 3.76. The van der Waals surface area contributed by atoms with Gasteiger partial charge < -0.3 is 19.5 Å². The van der Waals surface area contributed by atoms with E-state index in [2.05, 4.69) is 22.2 Å². The topological polar surface area (TPSA) is 59.4 Å². The summed E-state index contributed by atoms with van der Waals surface area (Å²) in [6.45, 7) is 2.28. The molecule has 0 radical (unpaired) electrons. The van der Waals surface area contributed by atoms with Crippen LogP contribution in [0.1, 0.15) is 22.1 Å². The van der Waals surface area contributed by atoms with Gasteiger partial charge in [-0.1, -0.05) is 23.7 Å². The predicted molar refractivity (Wildman–Crippen MR) is 92.1 cm³/mol. The summed E-state index contributed by atoms with van der Waals surface area (Å²) >= 11 is 5.99. The van der Waals surface area contributed by atoms with Crippen molar-refractivity contribution in [1.82, 2.24) is 19.8 Å². The van der Waals surface area contributed by atoms with E-state index in [1.807, 2.05) is 24.3 Å². The van der Waals surface area contributed by atoms with Crippen molar-refractivity contribution < 1.29 is 9.53 Å². The maximum absolute atomic E-state index is 12.6. The Hall–Kier alpha value is -1.89. The third kappa shape index (κ3) is 3.77. The summed E-state index contributed by atoms with van der Waals surface area (Å²) in [5.41, 5.74) is 1.48. The fourth-order valence-corrected chi connectivity index (χ4v) is 2.99. The number of aromatic nitrogens is 2. The van der Waals surface area contributed by atoms with Crippen LogP contribution >= 0.6 is 11.6 Å². The number of benzene rings is 1. The number of hydrogen-bond donors (Lipinski definition) is 1. The van der Waals surface area contributed by atoms with Crippen LogP contribution in [0.5, 0.6) is 0 Å². The molecule has 0 aliphatic carbocycles. The zero-order valence-electron chi connectivity index (χ0n) is 13.8. The van der Waals surface area contributed by atoms with Crippen molar-refractivity contribution >= 4 is 17.5 Å². The van der Waals surface area contributed by atoms with Crippen LogP contribution in [0.3, 0.4) is 0 Å². The Morgan fingerprint density at radius 3 is 2.75 bits per heavy atom. The smallest absolute Gasteiger partial charge is 0.270 e. The molecule has 24 heavy (non-hydrogen) atoms. The second kappa shape index (κ2) is 7.34. The van der Waals surface area contributed by atoms with Crippen LogP contribution < -0.4 is 5.32 Å². The molecule has 1 N–H and O–H groups in total. The molecular weight excluding hydrogens is 328 g/mol. The summed E-state index contributed by atoms with van der Waals surface area (Å²) in [7, 11) is 3.85. The maximum Gasteiger partial charge on any atom is 0.270 e. The van der Waals surface area contributed by atoms with Gasteiger partial charge in [0.2, 0.25) is 0 Å². The number of nitrogens with zero attached hydrogens (tertiary/aromatic N) is 3. The van der Waals surface area contributed by atoms with E-state index < -0.39 is 0 Å². The summed E-state index contributed by atoms with van der Waals surface area (Å²) < 4.78 is 7.63. The number of ether oxygens (including phenoxy) is 1.